The summed E-state index contributed by atoms with van der Waals surface area (Å²) in [4.78, 5) is 22.4. The van der Waals surface area contributed by atoms with E-state index in [1.54, 1.807) is 13.8 Å². The lowest BCUT2D eigenvalue weighted by atomic mass is 10.2. The molecule has 0 aliphatic carbocycles. The third-order valence-corrected chi connectivity index (χ3v) is 2.14. The topological polar surface area (TPSA) is 52.6 Å². The van der Waals surface area contributed by atoms with Gasteiger partial charge in [0.25, 0.3) is 0 Å². The first-order chi connectivity index (χ1) is 8.06. The average molecular weight is 244 g/mol. The monoisotopic (exact) mass is 244 g/mol. The van der Waals surface area contributed by atoms with Crippen LogP contribution < -0.4 is 0 Å². The molecule has 0 aliphatic rings. The summed E-state index contributed by atoms with van der Waals surface area (Å²) in [5.74, 6) is -0.475. The van der Waals surface area contributed by atoms with Gasteiger partial charge in [-0.3, -0.25) is 9.59 Å². The van der Waals surface area contributed by atoms with E-state index in [2.05, 4.69) is 6.92 Å². The van der Waals surface area contributed by atoms with Crippen molar-refractivity contribution in [2.45, 2.75) is 65.4 Å². The Labute approximate surface area is 104 Å². The van der Waals surface area contributed by atoms with Gasteiger partial charge in [0.15, 0.2) is 0 Å². The summed E-state index contributed by atoms with van der Waals surface area (Å²) in [7, 11) is 0. The third-order valence-electron chi connectivity index (χ3n) is 2.14. The molecular formula is C13H24O4. The quantitative estimate of drug-likeness (QED) is 0.462. The molecule has 0 bridgehead atoms. The minimum Gasteiger partial charge on any atom is -0.466 e. The molecule has 0 aromatic rings. The van der Waals surface area contributed by atoms with Crippen molar-refractivity contribution in [3.05, 3.63) is 0 Å². The molecule has 0 N–H and O–H groups in total. The van der Waals surface area contributed by atoms with Gasteiger partial charge < -0.3 is 9.47 Å². The van der Waals surface area contributed by atoms with E-state index in [4.69, 9.17) is 9.47 Å². The van der Waals surface area contributed by atoms with E-state index in [0.29, 0.717) is 19.4 Å². The molecule has 0 saturated carbocycles. The van der Waals surface area contributed by atoms with Gasteiger partial charge in [-0.05, 0) is 26.7 Å². The van der Waals surface area contributed by atoms with Gasteiger partial charge in [-0.1, -0.05) is 19.8 Å². The van der Waals surface area contributed by atoms with Crippen LogP contribution in [-0.2, 0) is 19.1 Å². The minimum absolute atomic E-state index is 0.0940. The fraction of sp³-hybridized carbons (Fsp3) is 0.846. The summed E-state index contributed by atoms with van der Waals surface area (Å²) >= 11 is 0. The van der Waals surface area contributed by atoms with Crippen LogP contribution in [0.4, 0.5) is 0 Å². The molecule has 17 heavy (non-hydrogen) atoms. The highest BCUT2D eigenvalue weighted by Crippen LogP contribution is 2.03. The van der Waals surface area contributed by atoms with E-state index >= 15 is 0 Å². The number of unbranched alkanes of at least 4 members (excludes halogenated alkanes) is 2. The molecule has 0 amide bonds. The van der Waals surface area contributed by atoms with E-state index in [-0.39, 0.29) is 24.5 Å². The Morgan fingerprint density at radius 2 is 1.65 bits per heavy atom. The zero-order chi connectivity index (χ0) is 13.1. The van der Waals surface area contributed by atoms with E-state index in [0.717, 1.165) is 19.3 Å². The number of hydrogen-bond donors (Lipinski definition) is 0. The fourth-order valence-electron chi connectivity index (χ4n) is 1.31. The molecule has 0 unspecified atom stereocenters. The number of hydrogen-bond acceptors (Lipinski definition) is 4. The molecule has 0 radical (unpaired) electrons. The predicted octanol–water partition coefficient (Wildman–Crippen LogP) is 2.84. The zero-order valence-corrected chi connectivity index (χ0v) is 11.2. The molecule has 0 atom stereocenters. The van der Waals surface area contributed by atoms with E-state index in [1.807, 2.05) is 0 Å². The van der Waals surface area contributed by atoms with E-state index < -0.39 is 0 Å². The van der Waals surface area contributed by atoms with Gasteiger partial charge >= 0.3 is 11.9 Å². The van der Waals surface area contributed by atoms with E-state index in [1.165, 1.54) is 0 Å². The summed E-state index contributed by atoms with van der Waals surface area (Å²) in [5, 5.41) is 0. The molecule has 0 aromatic carbocycles. The van der Waals surface area contributed by atoms with Crippen LogP contribution in [-0.4, -0.2) is 24.6 Å². The molecule has 4 nitrogen and oxygen atoms in total. The van der Waals surface area contributed by atoms with E-state index in [9.17, 15) is 9.59 Å². The van der Waals surface area contributed by atoms with Crippen LogP contribution >= 0.6 is 0 Å². The maximum atomic E-state index is 11.2. The smallest absolute Gasteiger partial charge is 0.306 e. The first-order valence-corrected chi connectivity index (χ1v) is 6.41. The van der Waals surface area contributed by atoms with Crippen LogP contribution in [0.15, 0.2) is 0 Å². The maximum absolute atomic E-state index is 11.2. The van der Waals surface area contributed by atoms with Crippen molar-refractivity contribution < 1.29 is 19.1 Å². The van der Waals surface area contributed by atoms with Gasteiger partial charge in [0.1, 0.15) is 0 Å². The summed E-state index contributed by atoms with van der Waals surface area (Å²) in [6.45, 7) is 6.20. The Morgan fingerprint density at radius 1 is 1.00 bits per heavy atom. The Bertz CT molecular complexity index is 223. The molecule has 0 saturated heterocycles. The number of carbonyl (C=O) groups excluding carboxylic acids is 2. The highest BCUT2D eigenvalue weighted by molar-refractivity contribution is 5.72. The van der Waals surface area contributed by atoms with Crippen LogP contribution in [0.2, 0.25) is 0 Å². The van der Waals surface area contributed by atoms with Gasteiger partial charge in [0.2, 0.25) is 0 Å². The summed E-state index contributed by atoms with van der Waals surface area (Å²) in [6.07, 6.45) is 4.08. The summed E-state index contributed by atoms with van der Waals surface area (Å²) in [6, 6.07) is 0. The minimum atomic E-state index is -0.251. The second-order valence-corrected chi connectivity index (χ2v) is 4.32. The van der Waals surface area contributed by atoms with Crippen LogP contribution in [0.3, 0.4) is 0 Å². The average Bonchev–Trinajstić information content (AvgIpc) is 2.23. The van der Waals surface area contributed by atoms with Crippen LogP contribution in [0.5, 0.6) is 0 Å². The number of ether oxygens (including phenoxy) is 2. The second-order valence-electron chi connectivity index (χ2n) is 4.32. The fourth-order valence-corrected chi connectivity index (χ4v) is 1.31. The molecule has 100 valence electrons. The highest BCUT2D eigenvalue weighted by Gasteiger charge is 2.08. The molecule has 0 heterocycles. The van der Waals surface area contributed by atoms with Crippen molar-refractivity contribution in [1.82, 2.24) is 0 Å². The maximum Gasteiger partial charge on any atom is 0.306 e. The van der Waals surface area contributed by atoms with Crippen molar-refractivity contribution in [2.75, 3.05) is 6.61 Å². The van der Waals surface area contributed by atoms with Crippen LogP contribution in [0, 0.1) is 0 Å². The highest BCUT2D eigenvalue weighted by atomic mass is 16.5. The van der Waals surface area contributed by atoms with Gasteiger partial charge in [-0.25, -0.2) is 0 Å². The molecule has 0 aromatic heterocycles. The van der Waals surface area contributed by atoms with Gasteiger partial charge in [0, 0.05) is 12.8 Å². The zero-order valence-electron chi connectivity index (χ0n) is 11.2. The lowest BCUT2D eigenvalue weighted by Gasteiger charge is -2.07. The summed E-state index contributed by atoms with van der Waals surface area (Å²) < 4.78 is 9.97. The lowest BCUT2D eigenvalue weighted by molar-refractivity contribution is -0.148. The van der Waals surface area contributed by atoms with Gasteiger partial charge in [0.05, 0.1) is 12.7 Å². The number of rotatable bonds is 9. The van der Waals surface area contributed by atoms with Gasteiger partial charge in [-0.15, -0.1) is 0 Å². The number of carbonyl (C=O) groups is 2. The largest absolute Gasteiger partial charge is 0.466 e. The normalized spacial score (nSPS) is 10.4. The first-order valence-electron chi connectivity index (χ1n) is 6.41. The molecule has 0 spiro atoms. The Hall–Kier alpha value is -1.06. The Kier molecular flexibility index (Phi) is 9.49. The Morgan fingerprint density at radius 3 is 2.24 bits per heavy atom. The van der Waals surface area contributed by atoms with Crippen molar-refractivity contribution in [3.8, 4) is 0 Å². The summed E-state index contributed by atoms with van der Waals surface area (Å²) in [5.41, 5.74) is 0. The second kappa shape index (κ2) is 10.1. The third kappa shape index (κ3) is 11.2. The number of esters is 2. The van der Waals surface area contributed by atoms with Crippen molar-refractivity contribution in [2.24, 2.45) is 0 Å². The lowest BCUT2D eigenvalue weighted by Crippen LogP contribution is -2.12. The Balaban J connectivity index is 3.41. The molecular weight excluding hydrogens is 220 g/mol. The van der Waals surface area contributed by atoms with Crippen molar-refractivity contribution in [1.29, 1.82) is 0 Å². The first kappa shape index (κ1) is 15.9. The SMILES string of the molecule is CCCCCOC(=O)CCCC(=O)OC(C)C. The predicted molar refractivity (Wildman–Crippen MR) is 65.6 cm³/mol. The standard InChI is InChI=1S/C13H24O4/c1-4-5-6-10-16-12(14)8-7-9-13(15)17-11(2)3/h11H,4-10H2,1-3H3. The molecule has 0 rings (SSSR count). The van der Waals surface area contributed by atoms with Crippen LogP contribution in [0.25, 0.3) is 0 Å². The molecule has 4 heteroatoms. The van der Waals surface area contributed by atoms with Crippen LogP contribution in [0.1, 0.15) is 59.3 Å². The molecule has 0 fully saturated rings. The molecule has 0 aliphatic heterocycles. The van der Waals surface area contributed by atoms with Gasteiger partial charge in [-0.2, -0.15) is 0 Å². The van der Waals surface area contributed by atoms with Crippen molar-refractivity contribution >= 4 is 11.9 Å². The van der Waals surface area contributed by atoms with Crippen molar-refractivity contribution in [3.63, 3.8) is 0 Å².